The van der Waals surface area contributed by atoms with Crippen LogP contribution in [0, 0.1) is 6.92 Å². The van der Waals surface area contributed by atoms with Crippen LogP contribution in [-0.2, 0) is 4.74 Å². The summed E-state index contributed by atoms with van der Waals surface area (Å²) in [5.74, 6) is 0. The quantitative estimate of drug-likeness (QED) is 0.709. The largest absolute Gasteiger partial charge is 0.379 e. The fourth-order valence-corrected chi connectivity index (χ4v) is 2.06. The number of rotatable bonds is 1. The molecule has 0 radical (unpaired) electrons. The molecular weight excluding hydrogens is 188 g/mol. The molecule has 3 nitrogen and oxygen atoms in total. The Morgan fingerprint density at radius 1 is 1.47 bits per heavy atom. The first-order valence-electron chi connectivity index (χ1n) is 5.36. The van der Waals surface area contributed by atoms with Gasteiger partial charge in [0.25, 0.3) is 0 Å². The first-order valence-corrected chi connectivity index (χ1v) is 5.36. The number of nitrogens with zero attached hydrogens (tertiary/aromatic N) is 2. The van der Waals surface area contributed by atoms with Crippen LogP contribution in [0.5, 0.6) is 0 Å². The molecule has 1 aromatic heterocycles. The maximum atomic E-state index is 5.37. The zero-order valence-electron chi connectivity index (χ0n) is 8.81. The highest BCUT2D eigenvalue weighted by molar-refractivity contribution is 5.78. The van der Waals surface area contributed by atoms with Gasteiger partial charge < -0.3 is 4.74 Å². The van der Waals surface area contributed by atoms with Crippen LogP contribution in [0.1, 0.15) is 18.0 Å². The highest BCUT2D eigenvalue weighted by atomic mass is 16.5. The molecule has 0 saturated carbocycles. The molecule has 2 heterocycles. The lowest BCUT2D eigenvalue weighted by Crippen LogP contribution is -2.08. The van der Waals surface area contributed by atoms with Crippen LogP contribution in [0.25, 0.3) is 10.9 Å². The minimum Gasteiger partial charge on any atom is -0.379 e. The van der Waals surface area contributed by atoms with Gasteiger partial charge in [0.05, 0.1) is 18.2 Å². The van der Waals surface area contributed by atoms with E-state index >= 15 is 0 Å². The summed E-state index contributed by atoms with van der Waals surface area (Å²) in [5.41, 5.74) is 2.34. The van der Waals surface area contributed by atoms with Gasteiger partial charge in [-0.05, 0) is 25.0 Å². The van der Waals surface area contributed by atoms with Crippen LogP contribution in [0.15, 0.2) is 24.4 Å². The predicted octanol–water partition coefficient (Wildman–Crippen LogP) is 2.31. The van der Waals surface area contributed by atoms with Gasteiger partial charge in [-0.3, -0.25) is 4.68 Å². The van der Waals surface area contributed by atoms with Crippen molar-refractivity contribution < 1.29 is 4.74 Å². The van der Waals surface area contributed by atoms with Crippen LogP contribution < -0.4 is 0 Å². The molecule has 0 spiro atoms. The molecule has 1 aliphatic heterocycles. The van der Waals surface area contributed by atoms with Gasteiger partial charge in [0.2, 0.25) is 0 Å². The number of hydrogen-bond acceptors (Lipinski definition) is 2. The van der Waals surface area contributed by atoms with Gasteiger partial charge in [-0.2, -0.15) is 5.10 Å². The lowest BCUT2D eigenvalue weighted by atomic mass is 10.2. The number of aryl methyl sites for hydroxylation is 1. The third-order valence-corrected chi connectivity index (χ3v) is 2.96. The Kier molecular flexibility index (Phi) is 1.99. The van der Waals surface area contributed by atoms with Gasteiger partial charge in [0, 0.05) is 18.2 Å². The Labute approximate surface area is 88.7 Å². The summed E-state index contributed by atoms with van der Waals surface area (Å²) in [5, 5.41) is 5.81. The fourth-order valence-electron chi connectivity index (χ4n) is 2.06. The van der Waals surface area contributed by atoms with Crippen molar-refractivity contribution in [3.63, 3.8) is 0 Å². The van der Waals surface area contributed by atoms with E-state index in [1.807, 2.05) is 0 Å². The molecule has 1 atom stereocenters. The Balaban J connectivity index is 2.05. The van der Waals surface area contributed by atoms with Crippen molar-refractivity contribution >= 4 is 10.9 Å². The topological polar surface area (TPSA) is 27.1 Å². The second-order valence-corrected chi connectivity index (χ2v) is 4.19. The zero-order chi connectivity index (χ0) is 10.3. The first-order chi connectivity index (χ1) is 7.33. The molecule has 0 bridgehead atoms. The summed E-state index contributed by atoms with van der Waals surface area (Å²) < 4.78 is 7.42. The summed E-state index contributed by atoms with van der Waals surface area (Å²) in [7, 11) is 0. The summed E-state index contributed by atoms with van der Waals surface area (Å²) in [4.78, 5) is 0. The van der Waals surface area contributed by atoms with E-state index < -0.39 is 0 Å². The molecule has 1 unspecified atom stereocenters. The van der Waals surface area contributed by atoms with Gasteiger partial charge in [-0.25, -0.2) is 0 Å². The van der Waals surface area contributed by atoms with Crippen molar-refractivity contribution in [3.05, 3.63) is 30.0 Å². The van der Waals surface area contributed by atoms with Gasteiger partial charge in [-0.1, -0.05) is 12.1 Å². The van der Waals surface area contributed by atoms with Gasteiger partial charge in [-0.15, -0.1) is 0 Å². The zero-order valence-corrected chi connectivity index (χ0v) is 8.81. The van der Waals surface area contributed by atoms with E-state index in [1.54, 1.807) is 0 Å². The van der Waals surface area contributed by atoms with E-state index in [9.17, 15) is 0 Å². The minimum absolute atomic E-state index is 0.428. The van der Waals surface area contributed by atoms with Crippen LogP contribution >= 0.6 is 0 Å². The Morgan fingerprint density at radius 2 is 2.40 bits per heavy atom. The van der Waals surface area contributed by atoms with E-state index in [0.29, 0.717) is 6.04 Å². The van der Waals surface area contributed by atoms with Crippen LogP contribution in [0.2, 0.25) is 0 Å². The van der Waals surface area contributed by atoms with Gasteiger partial charge in [0.1, 0.15) is 0 Å². The highest BCUT2D eigenvalue weighted by Gasteiger charge is 2.18. The molecule has 0 aliphatic carbocycles. The fraction of sp³-hybridized carbons (Fsp3) is 0.417. The maximum absolute atomic E-state index is 5.37. The third kappa shape index (κ3) is 1.53. The van der Waals surface area contributed by atoms with Crippen molar-refractivity contribution in [2.45, 2.75) is 19.4 Å². The molecule has 0 N–H and O–H groups in total. The van der Waals surface area contributed by atoms with Crippen molar-refractivity contribution in [1.82, 2.24) is 9.78 Å². The van der Waals surface area contributed by atoms with E-state index in [-0.39, 0.29) is 0 Å². The number of fused-ring (bicyclic) bond motifs is 1. The molecule has 3 rings (SSSR count). The van der Waals surface area contributed by atoms with Crippen LogP contribution in [0.4, 0.5) is 0 Å². The molecular formula is C12H14N2O. The van der Waals surface area contributed by atoms with Gasteiger partial charge in [0.15, 0.2) is 0 Å². The van der Waals surface area contributed by atoms with E-state index in [1.165, 1.54) is 10.9 Å². The molecule has 0 amide bonds. The van der Waals surface area contributed by atoms with Crippen molar-refractivity contribution in [3.8, 4) is 0 Å². The average molecular weight is 202 g/mol. The first kappa shape index (κ1) is 8.92. The molecule has 1 aliphatic rings. The number of hydrogen-bond donors (Lipinski definition) is 0. The molecule has 78 valence electrons. The molecule has 2 aromatic rings. The standard InChI is InChI=1S/C12H14N2O/c1-9-2-3-10-7-14(13-12(10)6-9)11-4-5-15-8-11/h2-3,6-7,11H,4-5,8H2,1H3. The van der Waals surface area contributed by atoms with Crippen LogP contribution in [-0.4, -0.2) is 23.0 Å². The normalized spacial score (nSPS) is 21.3. The van der Waals surface area contributed by atoms with Crippen molar-refractivity contribution in [2.75, 3.05) is 13.2 Å². The van der Waals surface area contributed by atoms with E-state index in [2.05, 4.69) is 41.1 Å². The van der Waals surface area contributed by atoms with E-state index in [4.69, 9.17) is 4.74 Å². The number of ether oxygens (including phenoxy) is 1. The highest BCUT2D eigenvalue weighted by Crippen LogP contribution is 2.21. The third-order valence-electron chi connectivity index (χ3n) is 2.96. The smallest absolute Gasteiger partial charge is 0.0926 e. The van der Waals surface area contributed by atoms with Crippen LogP contribution in [0.3, 0.4) is 0 Å². The molecule has 3 heteroatoms. The number of aromatic nitrogens is 2. The second-order valence-electron chi connectivity index (χ2n) is 4.19. The second kappa shape index (κ2) is 3.35. The maximum Gasteiger partial charge on any atom is 0.0926 e. The molecule has 1 fully saturated rings. The van der Waals surface area contributed by atoms with E-state index in [0.717, 1.165) is 25.2 Å². The number of benzene rings is 1. The average Bonchev–Trinajstić information content (AvgIpc) is 2.84. The summed E-state index contributed by atoms with van der Waals surface area (Å²) >= 11 is 0. The molecule has 15 heavy (non-hydrogen) atoms. The minimum atomic E-state index is 0.428. The Hall–Kier alpha value is -1.35. The van der Waals surface area contributed by atoms with Gasteiger partial charge >= 0.3 is 0 Å². The predicted molar refractivity (Wildman–Crippen MR) is 58.9 cm³/mol. The Bertz CT molecular complexity index is 483. The molecule has 1 aromatic carbocycles. The lowest BCUT2D eigenvalue weighted by molar-refractivity contribution is 0.184. The van der Waals surface area contributed by atoms with Crippen molar-refractivity contribution in [1.29, 1.82) is 0 Å². The SMILES string of the molecule is Cc1ccc2cn(C3CCOC3)nc2c1. The lowest BCUT2D eigenvalue weighted by Gasteiger charge is -2.06. The molecule has 1 saturated heterocycles. The summed E-state index contributed by atoms with van der Waals surface area (Å²) in [6.45, 7) is 3.75. The summed E-state index contributed by atoms with van der Waals surface area (Å²) in [6, 6.07) is 6.81. The summed E-state index contributed by atoms with van der Waals surface area (Å²) in [6.07, 6.45) is 3.20. The Morgan fingerprint density at radius 3 is 3.20 bits per heavy atom. The van der Waals surface area contributed by atoms with Crippen molar-refractivity contribution in [2.24, 2.45) is 0 Å². The monoisotopic (exact) mass is 202 g/mol.